The van der Waals surface area contributed by atoms with Crippen LogP contribution in [0.5, 0.6) is 0 Å². The lowest BCUT2D eigenvalue weighted by atomic mass is 9.69. The second-order valence-corrected chi connectivity index (χ2v) is 5.04. The van der Waals surface area contributed by atoms with Gasteiger partial charge in [-0.1, -0.05) is 40.5 Å². The third kappa shape index (κ3) is 1.79. The highest BCUT2D eigenvalue weighted by molar-refractivity contribution is 5.87. The number of hydrogen-bond acceptors (Lipinski definition) is 1. The van der Waals surface area contributed by atoms with Crippen molar-refractivity contribution in [1.82, 2.24) is 0 Å². The normalized spacial score (nSPS) is 21.4. The van der Waals surface area contributed by atoms with Gasteiger partial charge in [0.15, 0.2) is 0 Å². The van der Waals surface area contributed by atoms with Crippen LogP contribution < -0.4 is 0 Å². The molecular formula is C12H22O. The lowest BCUT2D eigenvalue weighted by Crippen LogP contribution is -2.36. The molecule has 1 fully saturated rings. The van der Waals surface area contributed by atoms with E-state index in [4.69, 9.17) is 0 Å². The molecule has 0 spiro atoms. The molecule has 0 amide bonds. The summed E-state index contributed by atoms with van der Waals surface area (Å²) in [6.45, 7) is 8.47. The van der Waals surface area contributed by atoms with Crippen LogP contribution in [0.2, 0.25) is 0 Å². The number of hydrogen-bond donors (Lipinski definition) is 0. The largest absolute Gasteiger partial charge is 0.299 e. The highest BCUT2D eigenvalue weighted by atomic mass is 16.1. The predicted molar refractivity (Wildman–Crippen MR) is 55.6 cm³/mol. The first-order chi connectivity index (χ1) is 6.00. The summed E-state index contributed by atoms with van der Waals surface area (Å²) in [6.07, 6.45) is 4.75. The molecule has 0 aromatic carbocycles. The maximum Gasteiger partial charge on any atom is 0.141 e. The topological polar surface area (TPSA) is 17.1 Å². The van der Waals surface area contributed by atoms with Crippen LogP contribution in [0.25, 0.3) is 0 Å². The van der Waals surface area contributed by atoms with Crippen LogP contribution in [-0.2, 0) is 4.79 Å². The van der Waals surface area contributed by atoms with E-state index in [0.29, 0.717) is 11.7 Å². The SMILES string of the molecule is CC(C)C(=O)C1(C(C)C)CCCC1. The molecule has 0 bridgehead atoms. The summed E-state index contributed by atoms with van der Waals surface area (Å²) in [5.74, 6) is 1.23. The number of Topliss-reactive ketones (excluding diaryl/α,β-unsaturated/α-hetero) is 1. The van der Waals surface area contributed by atoms with Gasteiger partial charge in [-0.2, -0.15) is 0 Å². The Kier molecular flexibility index (Phi) is 3.15. The van der Waals surface area contributed by atoms with Gasteiger partial charge in [0.25, 0.3) is 0 Å². The monoisotopic (exact) mass is 182 g/mol. The first-order valence-corrected chi connectivity index (χ1v) is 5.55. The third-order valence-electron chi connectivity index (χ3n) is 3.62. The lowest BCUT2D eigenvalue weighted by molar-refractivity contribution is -0.134. The van der Waals surface area contributed by atoms with E-state index in [1.54, 1.807) is 0 Å². The van der Waals surface area contributed by atoms with Gasteiger partial charge in [-0.3, -0.25) is 4.79 Å². The van der Waals surface area contributed by atoms with E-state index in [1.807, 2.05) is 13.8 Å². The Hall–Kier alpha value is -0.330. The number of ketones is 1. The predicted octanol–water partition coefficient (Wildman–Crippen LogP) is 3.43. The van der Waals surface area contributed by atoms with Crippen LogP contribution >= 0.6 is 0 Å². The molecule has 13 heavy (non-hydrogen) atoms. The van der Waals surface area contributed by atoms with Crippen LogP contribution in [0.15, 0.2) is 0 Å². The average molecular weight is 182 g/mol. The minimum atomic E-state index is 0.0359. The van der Waals surface area contributed by atoms with Gasteiger partial charge >= 0.3 is 0 Å². The zero-order valence-corrected chi connectivity index (χ0v) is 9.39. The van der Waals surface area contributed by atoms with Crippen LogP contribution in [0.1, 0.15) is 53.4 Å². The smallest absolute Gasteiger partial charge is 0.141 e. The fourth-order valence-electron chi connectivity index (χ4n) is 2.69. The summed E-state index contributed by atoms with van der Waals surface area (Å²) in [4.78, 5) is 12.1. The Morgan fingerprint density at radius 1 is 1.08 bits per heavy atom. The van der Waals surface area contributed by atoms with Crippen molar-refractivity contribution in [1.29, 1.82) is 0 Å². The molecular weight excluding hydrogens is 160 g/mol. The first kappa shape index (κ1) is 10.7. The molecule has 76 valence electrons. The Morgan fingerprint density at radius 2 is 1.54 bits per heavy atom. The first-order valence-electron chi connectivity index (χ1n) is 5.55. The van der Waals surface area contributed by atoms with Gasteiger partial charge in [0.05, 0.1) is 0 Å². The zero-order valence-electron chi connectivity index (χ0n) is 9.39. The van der Waals surface area contributed by atoms with Crippen LogP contribution in [0.4, 0.5) is 0 Å². The Bertz CT molecular complexity index is 185. The molecule has 0 radical (unpaired) electrons. The van der Waals surface area contributed by atoms with Gasteiger partial charge in [0.2, 0.25) is 0 Å². The molecule has 1 aliphatic carbocycles. The number of carbonyl (C=O) groups excluding carboxylic acids is 1. The van der Waals surface area contributed by atoms with Crippen LogP contribution in [0, 0.1) is 17.3 Å². The molecule has 0 N–H and O–H groups in total. The minimum Gasteiger partial charge on any atom is -0.299 e. The summed E-state index contributed by atoms with van der Waals surface area (Å²) in [5.41, 5.74) is 0.0359. The summed E-state index contributed by atoms with van der Waals surface area (Å²) >= 11 is 0. The second kappa shape index (κ2) is 3.81. The van der Waals surface area contributed by atoms with E-state index >= 15 is 0 Å². The molecule has 0 heterocycles. The molecule has 1 heteroatoms. The van der Waals surface area contributed by atoms with Gasteiger partial charge in [-0.05, 0) is 18.8 Å². The van der Waals surface area contributed by atoms with Crippen LogP contribution in [-0.4, -0.2) is 5.78 Å². The number of carbonyl (C=O) groups is 1. The van der Waals surface area contributed by atoms with E-state index in [9.17, 15) is 4.79 Å². The Morgan fingerprint density at radius 3 is 1.85 bits per heavy atom. The van der Waals surface area contributed by atoms with E-state index in [2.05, 4.69) is 13.8 Å². The minimum absolute atomic E-state index is 0.0359. The third-order valence-corrected chi connectivity index (χ3v) is 3.62. The molecule has 0 aromatic heterocycles. The Labute approximate surface area is 81.9 Å². The van der Waals surface area contributed by atoms with E-state index in [0.717, 1.165) is 12.8 Å². The van der Waals surface area contributed by atoms with Crippen molar-refractivity contribution in [3.8, 4) is 0 Å². The summed E-state index contributed by atoms with van der Waals surface area (Å²) in [5, 5.41) is 0. The summed E-state index contributed by atoms with van der Waals surface area (Å²) < 4.78 is 0. The maximum atomic E-state index is 12.1. The quantitative estimate of drug-likeness (QED) is 0.653. The number of rotatable bonds is 3. The molecule has 0 aromatic rings. The molecule has 1 rings (SSSR count). The molecule has 1 nitrogen and oxygen atoms in total. The molecule has 1 aliphatic rings. The lowest BCUT2D eigenvalue weighted by Gasteiger charge is -2.33. The van der Waals surface area contributed by atoms with Crippen molar-refractivity contribution in [2.24, 2.45) is 17.3 Å². The van der Waals surface area contributed by atoms with Crippen molar-refractivity contribution in [2.45, 2.75) is 53.4 Å². The Balaban J connectivity index is 2.84. The molecule has 1 saturated carbocycles. The van der Waals surface area contributed by atoms with E-state index < -0.39 is 0 Å². The zero-order chi connectivity index (χ0) is 10.1. The molecule has 0 unspecified atom stereocenters. The van der Waals surface area contributed by atoms with E-state index in [-0.39, 0.29) is 11.3 Å². The van der Waals surface area contributed by atoms with Crippen molar-refractivity contribution < 1.29 is 4.79 Å². The van der Waals surface area contributed by atoms with Gasteiger partial charge in [-0.25, -0.2) is 0 Å². The maximum absolute atomic E-state index is 12.1. The van der Waals surface area contributed by atoms with Crippen molar-refractivity contribution in [3.63, 3.8) is 0 Å². The molecule has 0 saturated heterocycles. The van der Waals surface area contributed by atoms with Gasteiger partial charge < -0.3 is 0 Å². The van der Waals surface area contributed by atoms with Gasteiger partial charge in [0.1, 0.15) is 5.78 Å². The van der Waals surface area contributed by atoms with Crippen molar-refractivity contribution >= 4 is 5.78 Å². The fourth-order valence-corrected chi connectivity index (χ4v) is 2.69. The van der Waals surface area contributed by atoms with Gasteiger partial charge in [0, 0.05) is 11.3 Å². The van der Waals surface area contributed by atoms with Crippen molar-refractivity contribution in [2.75, 3.05) is 0 Å². The van der Waals surface area contributed by atoms with E-state index in [1.165, 1.54) is 12.8 Å². The van der Waals surface area contributed by atoms with Crippen molar-refractivity contribution in [3.05, 3.63) is 0 Å². The second-order valence-electron chi connectivity index (χ2n) is 5.04. The summed E-state index contributed by atoms with van der Waals surface area (Å²) in [6, 6.07) is 0. The van der Waals surface area contributed by atoms with Gasteiger partial charge in [-0.15, -0.1) is 0 Å². The highest BCUT2D eigenvalue weighted by Gasteiger charge is 2.43. The fraction of sp³-hybridized carbons (Fsp3) is 0.917. The summed E-state index contributed by atoms with van der Waals surface area (Å²) in [7, 11) is 0. The highest BCUT2D eigenvalue weighted by Crippen LogP contribution is 2.46. The standard InChI is InChI=1S/C12H22O/c1-9(2)11(13)12(10(3)4)7-5-6-8-12/h9-10H,5-8H2,1-4H3. The molecule has 0 aliphatic heterocycles. The average Bonchev–Trinajstić information content (AvgIpc) is 2.51. The van der Waals surface area contributed by atoms with Crippen LogP contribution in [0.3, 0.4) is 0 Å². The molecule has 0 atom stereocenters.